The summed E-state index contributed by atoms with van der Waals surface area (Å²) in [7, 11) is 0. The first-order chi connectivity index (χ1) is 16.7. The van der Waals surface area contributed by atoms with Crippen molar-refractivity contribution in [2.24, 2.45) is 0 Å². The predicted molar refractivity (Wildman–Crippen MR) is 122 cm³/mol. The van der Waals surface area contributed by atoms with E-state index in [9.17, 15) is 9.59 Å². The Balaban J connectivity index is 0.000000142. The quantitative estimate of drug-likeness (QED) is 0.331. The number of H-pyrrole nitrogens is 2. The van der Waals surface area contributed by atoms with Crippen molar-refractivity contribution in [1.82, 2.24) is 59.5 Å². The van der Waals surface area contributed by atoms with E-state index >= 15 is 0 Å². The normalized spacial score (nSPS) is 10.8. The lowest BCUT2D eigenvalue weighted by Crippen LogP contribution is -2.24. The molecule has 34 heavy (non-hydrogen) atoms. The Labute approximate surface area is 197 Å². The Morgan fingerprint density at radius 1 is 0.676 bits per heavy atom. The Morgan fingerprint density at radius 3 is 1.44 bits per heavy atom. The molecule has 0 atom stereocenters. The first-order valence-corrected chi connectivity index (χ1v) is 11.5. The number of rotatable bonds is 6. The molecular weight excluding hydrogens is 480 g/mol. The summed E-state index contributed by atoms with van der Waals surface area (Å²) in [6.45, 7) is 0. The number of nitrogens with one attached hydrogen (secondary N) is 2. The van der Waals surface area contributed by atoms with E-state index in [-0.39, 0.29) is 11.4 Å². The number of hydrogen-bond donors (Lipinski definition) is 2. The second kappa shape index (κ2) is 9.59. The Morgan fingerprint density at radius 2 is 1.09 bits per heavy atom. The van der Waals surface area contributed by atoms with Crippen LogP contribution in [-0.4, -0.2) is 59.5 Å². The van der Waals surface area contributed by atoms with Gasteiger partial charge in [-0.3, -0.25) is 0 Å². The Bertz CT molecular complexity index is 1420. The molecule has 6 heterocycles. The van der Waals surface area contributed by atoms with Gasteiger partial charge in [-0.25, -0.2) is 29.1 Å². The van der Waals surface area contributed by atoms with Gasteiger partial charge in [0, 0.05) is 22.6 Å². The summed E-state index contributed by atoms with van der Waals surface area (Å²) < 4.78 is 5.79. The molecule has 6 aromatic heterocycles. The highest BCUT2D eigenvalue weighted by molar-refractivity contribution is 7.10. The molecule has 0 unspecified atom stereocenters. The molecular formula is C18H16N12O2S2. The highest BCUT2D eigenvalue weighted by Gasteiger charge is 2.12. The molecule has 0 saturated carbocycles. The van der Waals surface area contributed by atoms with Crippen molar-refractivity contribution in [3.63, 3.8) is 0 Å². The summed E-state index contributed by atoms with van der Waals surface area (Å²) >= 11 is 3.25. The third-order valence-corrected chi connectivity index (χ3v) is 6.29. The maximum Gasteiger partial charge on any atom is 0.363 e. The van der Waals surface area contributed by atoms with Gasteiger partial charge in [0.05, 0.1) is 0 Å². The predicted octanol–water partition coefficient (Wildman–Crippen LogP) is 0.253. The molecule has 0 aromatic carbocycles. The van der Waals surface area contributed by atoms with E-state index in [0.29, 0.717) is 24.5 Å². The van der Waals surface area contributed by atoms with E-state index in [2.05, 4.69) is 40.8 Å². The third kappa shape index (κ3) is 4.52. The van der Waals surface area contributed by atoms with Gasteiger partial charge in [0.25, 0.3) is 0 Å². The highest BCUT2D eigenvalue weighted by Crippen LogP contribution is 2.13. The SMILES string of the molecule is O=c1[nH]nc(Cc2cccs2)n1-n1cnnc1.O=c1[nH]nc(Cc2cccs2)n1-n1cnnc1. The molecule has 0 bridgehead atoms. The second-order valence-electron chi connectivity index (χ2n) is 6.71. The second-order valence-corrected chi connectivity index (χ2v) is 8.77. The molecule has 0 radical (unpaired) electrons. The smallest absolute Gasteiger partial charge is 0.244 e. The summed E-state index contributed by atoms with van der Waals surface area (Å²) in [5, 5.41) is 31.5. The monoisotopic (exact) mass is 496 g/mol. The first-order valence-electron chi connectivity index (χ1n) is 9.77. The highest BCUT2D eigenvalue weighted by atomic mass is 32.1. The molecule has 0 aliphatic rings. The van der Waals surface area contributed by atoms with E-state index in [4.69, 9.17) is 0 Å². The zero-order chi connectivity index (χ0) is 23.3. The Kier molecular flexibility index (Phi) is 6.04. The van der Waals surface area contributed by atoms with Crippen LogP contribution in [0.15, 0.2) is 69.9 Å². The van der Waals surface area contributed by atoms with Crippen molar-refractivity contribution in [2.45, 2.75) is 12.8 Å². The molecule has 14 nitrogen and oxygen atoms in total. The van der Waals surface area contributed by atoms with Gasteiger partial charge >= 0.3 is 11.4 Å². The molecule has 0 aliphatic carbocycles. The van der Waals surface area contributed by atoms with Crippen molar-refractivity contribution < 1.29 is 0 Å². The van der Waals surface area contributed by atoms with E-state index in [1.807, 2.05) is 35.0 Å². The fourth-order valence-corrected chi connectivity index (χ4v) is 4.49. The minimum absolute atomic E-state index is 0.309. The van der Waals surface area contributed by atoms with Crippen LogP contribution in [0.3, 0.4) is 0 Å². The average Bonchev–Trinajstić information content (AvgIpc) is 3.65. The summed E-state index contributed by atoms with van der Waals surface area (Å²) in [6, 6.07) is 7.93. The molecule has 2 N–H and O–H groups in total. The standard InChI is InChI=1S/2C9H8N6OS/c2*16-9-13-12-8(4-7-2-1-3-17-7)15(9)14-5-10-11-6-14/h2*1-3,5-6H,4H2,(H,13,16). The molecule has 6 rings (SSSR count). The lowest BCUT2D eigenvalue weighted by molar-refractivity contribution is 0.600. The molecule has 16 heteroatoms. The number of aromatic amines is 2. The molecule has 0 saturated heterocycles. The molecule has 0 amide bonds. The van der Waals surface area contributed by atoms with Crippen LogP contribution in [0, 0.1) is 0 Å². The molecule has 0 spiro atoms. The number of aromatic nitrogens is 12. The largest absolute Gasteiger partial charge is 0.363 e. The van der Waals surface area contributed by atoms with Gasteiger partial charge in [0.15, 0.2) is 11.6 Å². The van der Waals surface area contributed by atoms with Gasteiger partial charge in [-0.05, 0) is 22.9 Å². The van der Waals surface area contributed by atoms with Crippen LogP contribution in [0.2, 0.25) is 0 Å². The van der Waals surface area contributed by atoms with Gasteiger partial charge in [-0.2, -0.15) is 19.5 Å². The molecule has 0 fully saturated rings. The first kappa shape index (κ1) is 21.4. The molecule has 6 aromatic rings. The number of hydrogen-bond acceptors (Lipinski definition) is 10. The van der Waals surface area contributed by atoms with Crippen molar-refractivity contribution in [2.75, 3.05) is 0 Å². The minimum Gasteiger partial charge on any atom is -0.244 e. The summed E-state index contributed by atoms with van der Waals surface area (Å²) in [5.41, 5.74) is -0.618. The van der Waals surface area contributed by atoms with Gasteiger partial charge in [0.1, 0.15) is 25.3 Å². The van der Waals surface area contributed by atoms with Crippen molar-refractivity contribution in [3.05, 3.63) is 103 Å². The van der Waals surface area contributed by atoms with Crippen molar-refractivity contribution in [1.29, 1.82) is 0 Å². The number of nitrogens with zero attached hydrogens (tertiary/aromatic N) is 10. The maximum atomic E-state index is 11.6. The lowest BCUT2D eigenvalue weighted by Gasteiger charge is -2.03. The van der Waals surface area contributed by atoms with Crippen molar-refractivity contribution in [3.8, 4) is 0 Å². The van der Waals surface area contributed by atoms with Crippen LogP contribution in [0.4, 0.5) is 0 Å². The van der Waals surface area contributed by atoms with E-state index < -0.39 is 0 Å². The number of thiophene rings is 2. The van der Waals surface area contributed by atoms with Crippen LogP contribution >= 0.6 is 22.7 Å². The topological polar surface area (TPSA) is 163 Å². The van der Waals surface area contributed by atoms with Gasteiger partial charge in [-0.1, -0.05) is 12.1 Å². The van der Waals surface area contributed by atoms with E-state index in [0.717, 1.165) is 9.75 Å². The maximum absolute atomic E-state index is 11.6. The molecule has 0 aliphatic heterocycles. The zero-order valence-corrected chi connectivity index (χ0v) is 18.9. The van der Waals surface area contributed by atoms with Crippen LogP contribution in [0.25, 0.3) is 0 Å². The van der Waals surface area contributed by atoms with Crippen molar-refractivity contribution >= 4 is 22.7 Å². The van der Waals surface area contributed by atoms with E-state index in [1.54, 1.807) is 22.7 Å². The lowest BCUT2D eigenvalue weighted by atomic mass is 10.3. The summed E-state index contributed by atoms with van der Waals surface area (Å²) in [4.78, 5) is 25.6. The van der Waals surface area contributed by atoms with Crippen LogP contribution in [0.5, 0.6) is 0 Å². The summed E-state index contributed by atoms with van der Waals surface area (Å²) in [5.74, 6) is 1.24. The third-order valence-electron chi connectivity index (χ3n) is 4.53. The molecule has 172 valence electrons. The fourth-order valence-electron chi connectivity index (χ4n) is 3.09. The van der Waals surface area contributed by atoms with Crippen LogP contribution in [-0.2, 0) is 12.8 Å². The average molecular weight is 497 g/mol. The summed E-state index contributed by atoms with van der Waals surface area (Å²) in [6.07, 6.45) is 7.00. The zero-order valence-electron chi connectivity index (χ0n) is 17.3. The van der Waals surface area contributed by atoms with E-state index in [1.165, 1.54) is 44.0 Å². The van der Waals surface area contributed by atoms with Crippen LogP contribution in [0.1, 0.15) is 21.4 Å². The Hall–Kier alpha value is -4.44. The van der Waals surface area contributed by atoms with Gasteiger partial charge in [-0.15, -0.1) is 43.1 Å². The van der Waals surface area contributed by atoms with Gasteiger partial charge < -0.3 is 0 Å². The minimum atomic E-state index is -0.309. The van der Waals surface area contributed by atoms with Gasteiger partial charge in [0.2, 0.25) is 0 Å². The van der Waals surface area contributed by atoms with Crippen LogP contribution < -0.4 is 11.4 Å². The fraction of sp³-hybridized carbons (Fsp3) is 0.111.